The number of piperidine rings is 1. The number of hydrogen-bond donors (Lipinski definition) is 2. The number of carbonyl (C=O) groups is 1. The van der Waals surface area contributed by atoms with Crippen molar-refractivity contribution in [3.05, 3.63) is 72.2 Å². The molecule has 10 nitrogen and oxygen atoms in total. The van der Waals surface area contributed by atoms with Crippen molar-refractivity contribution in [3.63, 3.8) is 0 Å². The van der Waals surface area contributed by atoms with Crippen LogP contribution < -0.4 is 15.8 Å². The summed E-state index contributed by atoms with van der Waals surface area (Å²) in [6.45, 7) is 3.84. The Kier molecular flexibility index (Phi) is 7.24. The molecule has 2 aliphatic heterocycles. The monoisotopic (exact) mass is 579 g/mol. The molecule has 0 unspecified atom stereocenters. The third-order valence-electron chi connectivity index (χ3n) is 9.13. The molecule has 0 atom stereocenters. The van der Waals surface area contributed by atoms with E-state index in [0.717, 1.165) is 85.2 Å². The average molecular weight is 580 g/mol. The lowest BCUT2D eigenvalue weighted by Gasteiger charge is -2.39. The SMILES string of the molecule is COc1cc(-n2nc(C3CCN(C4CCOCC4)CC3)c3ccnc(N)c32)ccc1NC(=O)c1cc2ccccc2n1C. The Bertz CT molecular complexity index is 1800. The second-order valence-corrected chi connectivity index (χ2v) is 11.5. The molecule has 2 aromatic carbocycles. The number of nitrogens with one attached hydrogen (secondary N) is 1. The Labute approximate surface area is 250 Å². The van der Waals surface area contributed by atoms with Gasteiger partial charge in [-0.25, -0.2) is 9.67 Å². The molecule has 5 heterocycles. The maximum atomic E-state index is 13.3. The van der Waals surface area contributed by atoms with Crippen molar-refractivity contribution in [2.24, 2.45) is 7.05 Å². The van der Waals surface area contributed by atoms with E-state index in [9.17, 15) is 4.79 Å². The summed E-state index contributed by atoms with van der Waals surface area (Å²) >= 11 is 0. The van der Waals surface area contributed by atoms with Gasteiger partial charge in [0.1, 0.15) is 22.8 Å². The molecule has 43 heavy (non-hydrogen) atoms. The molecule has 0 aliphatic carbocycles. The number of amides is 1. The molecule has 10 heteroatoms. The summed E-state index contributed by atoms with van der Waals surface area (Å²) in [6, 6.07) is 18.1. The van der Waals surface area contributed by atoms with Crippen LogP contribution >= 0.6 is 0 Å². The number of methoxy groups -OCH3 is 1. The minimum Gasteiger partial charge on any atom is -0.494 e. The highest BCUT2D eigenvalue weighted by molar-refractivity contribution is 6.07. The first-order valence-electron chi connectivity index (χ1n) is 15.0. The van der Waals surface area contributed by atoms with Crippen molar-refractivity contribution < 1.29 is 14.3 Å². The Morgan fingerprint density at radius 2 is 1.84 bits per heavy atom. The van der Waals surface area contributed by atoms with Gasteiger partial charge < -0.3 is 30.0 Å². The Morgan fingerprint density at radius 1 is 1.05 bits per heavy atom. The van der Waals surface area contributed by atoms with Gasteiger partial charge >= 0.3 is 0 Å². The summed E-state index contributed by atoms with van der Waals surface area (Å²) < 4.78 is 15.1. The summed E-state index contributed by atoms with van der Waals surface area (Å²) in [4.78, 5) is 20.3. The lowest BCUT2D eigenvalue weighted by atomic mass is 9.90. The van der Waals surface area contributed by atoms with E-state index in [1.807, 2.05) is 70.9 Å². The van der Waals surface area contributed by atoms with Crippen molar-refractivity contribution in [1.82, 2.24) is 24.2 Å². The summed E-state index contributed by atoms with van der Waals surface area (Å²) in [6.07, 6.45) is 6.09. The van der Waals surface area contributed by atoms with Gasteiger partial charge in [0.05, 0.1) is 24.2 Å². The fourth-order valence-corrected chi connectivity index (χ4v) is 6.80. The normalized spacial score (nSPS) is 17.1. The van der Waals surface area contributed by atoms with Crippen LogP contribution in [0.2, 0.25) is 0 Å². The van der Waals surface area contributed by atoms with Crippen LogP contribution in [0.4, 0.5) is 11.5 Å². The number of nitrogens with two attached hydrogens (primary N) is 1. The largest absolute Gasteiger partial charge is 0.494 e. The number of carbonyl (C=O) groups excluding carboxylic acids is 1. The van der Waals surface area contributed by atoms with Crippen molar-refractivity contribution >= 4 is 39.2 Å². The topological polar surface area (TPSA) is 112 Å². The predicted molar refractivity (Wildman–Crippen MR) is 168 cm³/mol. The van der Waals surface area contributed by atoms with Crippen LogP contribution in [0.15, 0.2) is 60.8 Å². The molecular formula is C33H37N7O3. The zero-order valence-corrected chi connectivity index (χ0v) is 24.6. The zero-order chi connectivity index (χ0) is 29.5. The highest BCUT2D eigenvalue weighted by atomic mass is 16.5. The maximum Gasteiger partial charge on any atom is 0.272 e. The van der Waals surface area contributed by atoms with E-state index < -0.39 is 0 Å². The van der Waals surface area contributed by atoms with Crippen molar-refractivity contribution in [2.45, 2.75) is 37.6 Å². The molecule has 0 saturated carbocycles. The number of fused-ring (bicyclic) bond motifs is 2. The summed E-state index contributed by atoms with van der Waals surface area (Å²) in [5.41, 5.74) is 11.2. The fraction of sp³-hybridized carbons (Fsp3) is 0.364. The number of aromatic nitrogens is 4. The van der Waals surface area contributed by atoms with E-state index in [1.165, 1.54) is 0 Å². The summed E-state index contributed by atoms with van der Waals surface area (Å²) in [5, 5.41) is 10.2. The number of hydrogen-bond acceptors (Lipinski definition) is 7. The number of benzene rings is 2. The first-order valence-corrected chi connectivity index (χ1v) is 15.0. The number of anilines is 2. The Hall–Kier alpha value is -4.41. The van der Waals surface area contributed by atoms with Crippen LogP contribution in [0.3, 0.4) is 0 Å². The molecule has 5 aromatic rings. The first-order chi connectivity index (χ1) is 21.0. The second kappa shape index (κ2) is 11.3. The molecule has 0 radical (unpaired) electrons. The zero-order valence-electron chi connectivity index (χ0n) is 24.6. The Morgan fingerprint density at radius 3 is 2.60 bits per heavy atom. The Balaban J connectivity index is 1.17. The van der Waals surface area contributed by atoms with E-state index in [2.05, 4.69) is 15.2 Å². The number of ether oxygens (including phenoxy) is 2. The summed E-state index contributed by atoms with van der Waals surface area (Å²) in [5.74, 6) is 1.09. The minimum atomic E-state index is -0.211. The lowest BCUT2D eigenvalue weighted by Crippen LogP contribution is -2.43. The number of pyridine rings is 1. The van der Waals surface area contributed by atoms with E-state index >= 15 is 0 Å². The molecule has 3 N–H and O–H groups in total. The quantitative estimate of drug-likeness (QED) is 0.287. The molecule has 3 aromatic heterocycles. The third-order valence-corrected chi connectivity index (χ3v) is 9.13. The smallest absolute Gasteiger partial charge is 0.272 e. The van der Waals surface area contributed by atoms with Crippen molar-refractivity contribution in [1.29, 1.82) is 0 Å². The van der Waals surface area contributed by atoms with Gasteiger partial charge in [0, 0.05) is 60.8 Å². The van der Waals surface area contributed by atoms with Gasteiger partial charge in [0.15, 0.2) is 0 Å². The van der Waals surface area contributed by atoms with Crippen LogP contribution in [0.5, 0.6) is 5.75 Å². The van der Waals surface area contributed by atoms with Gasteiger partial charge in [-0.3, -0.25) is 4.79 Å². The van der Waals surface area contributed by atoms with Crippen LogP contribution in [0, 0.1) is 0 Å². The number of nitrogen functional groups attached to an aromatic ring is 1. The first kappa shape index (κ1) is 27.4. The van der Waals surface area contributed by atoms with Gasteiger partial charge in [-0.15, -0.1) is 0 Å². The molecule has 1 amide bonds. The van der Waals surface area contributed by atoms with Crippen LogP contribution in [-0.2, 0) is 11.8 Å². The molecule has 2 aliphatic rings. The average Bonchev–Trinajstić information content (AvgIpc) is 3.61. The molecule has 2 saturated heterocycles. The van der Waals surface area contributed by atoms with Crippen molar-refractivity contribution in [3.8, 4) is 11.4 Å². The number of rotatable bonds is 6. The maximum absolute atomic E-state index is 13.3. The number of likely N-dealkylation sites (tertiary alicyclic amines) is 1. The third kappa shape index (κ3) is 5.00. The van der Waals surface area contributed by atoms with Crippen molar-refractivity contribution in [2.75, 3.05) is 44.5 Å². The molecule has 2 fully saturated rings. The number of nitrogens with zero attached hydrogens (tertiary/aromatic N) is 5. The fourth-order valence-electron chi connectivity index (χ4n) is 6.80. The van der Waals surface area contributed by atoms with Gasteiger partial charge in [-0.1, -0.05) is 18.2 Å². The number of para-hydroxylation sites is 1. The molecule has 7 rings (SSSR count). The van der Waals surface area contributed by atoms with Gasteiger partial charge in [0.25, 0.3) is 5.91 Å². The van der Waals surface area contributed by atoms with Gasteiger partial charge in [-0.05, 0) is 69.1 Å². The molecule has 0 spiro atoms. The highest BCUT2D eigenvalue weighted by Gasteiger charge is 2.30. The minimum absolute atomic E-state index is 0.211. The predicted octanol–water partition coefficient (Wildman–Crippen LogP) is 5.11. The van der Waals surface area contributed by atoms with E-state index in [4.69, 9.17) is 20.3 Å². The van der Waals surface area contributed by atoms with E-state index in [1.54, 1.807) is 13.3 Å². The van der Waals surface area contributed by atoms with Crippen LogP contribution in [-0.4, -0.2) is 69.6 Å². The second-order valence-electron chi connectivity index (χ2n) is 11.5. The standard InChI is InChI=1S/C33H37N7O3/c1-38-27-6-4-3-5-22(27)19-28(38)33(41)36-26-8-7-24(20-29(26)42-2)40-31-25(9-14-35-32(31)34)30(37-40)21-10-15-39(16-11-21)23-12-17-43-18-13-23/h3-9,14,19-21,23H,10-13,15-18H2,1-2H3,(H2,34,35)(H,36,41). The van der Waals surface area contributed by atoms with Gasteiger partial charge in [-0.2, -0.15) is 5.10 Å². The summed E-state index contributed by atoms with van der Waals surface area (Å²) in [7, 11) is 3.49. The van der Waals surface area contributed by atoms with E-state index in [-0.39, 0.29) is 5.91 Å². The van der Waals surface area contributed by atoms with Gasteiger partial charge in [0.2, 0.25) is 0 Å². The van der Waals surface area contributed by atoms with Crippen LogP contribution in [0.25, 0.3) is 27.5 Å². The van der Waals surface area contributed by atoms with Crippen LogP contribution in [0.1, 0.15) is 47.8 Å². The number of aryl methyl sites for hydroxylation is 1. The molecule has 0 bridgehead atoms. The molecule has 222 valence electrons. The van der Waals surface area contributed by atoms with E-state index in [0.29, 0.717) is 34.9 Å². The highest BCUT2D eigenvalue weighted by Crippen LogP contribution is 2.37. The lowest BCUT2D eigenvalue weighted by molar-refractivity contribution is 0.0250. The molecular weight excluding hydrogens is 542 g/mol.